The van der Waals surface area contributed by atoms with E-state index in [1.807, 2.05) is 37.3 Å². The number of nitrogens with zero attached hydrogens (tertiary/aromatic N) is 1. The van der Waals surface area contributed by atoms with Crippen molar-refractivity contribution in [2.75, 3.05) is 5.32 Å². The molecule has 28 heavy (non-hydrogen) atoms. The van der Waals surface area contributed by atoms with Gasteiger partial charge in [-0.05, 0) is 66.6 Å². The van der Waals surface area contributed by atoms with E-state index in [0.29, 0.717) is 11.3 Å². The van der Waals surface area contributed by atoms with Crippen molar-refractivity contribution < 1.29 is 13.6 Å². The fourth-order valence-electron chi connectivity index (χ4n) is 3.01. The Morgan fingerprint density at radius 1 is 1.00 bits per heavy atom. The monoisotopic (exact) mass is 377 g/mol. The summed E-state index contributed by atoms with van der Waals surface area (Å²) < 4.78 is 26.2. The molecule has 2 N–H and O–H groups in total. The summed E-state index contributed by atoms with van der Waals surface area (Å²) in [5, 5.41) is 2.75. The third kappa shape index (κ3) is 3.76. The third-order valence-electron chi connectivity index (χ3n) is 4.43. The van der Waals surface area contributed by atoms with Crippen LogP contribution < -0.4 is 5.32 Å². The van der Waals surface area contributed by atoms with E-state index in [9.17, 15) is 13.6 Å². The lowest BCUT2D eigenvalue weighted by Gasteiger charge is -2.06. The Bertz CT molecular complexity index is 1170. The Morgan fingerprint density at radius 3 is 2.54 bits per heavy atom. The van der Waals surface area contributed by atoms with Gasteiger partial charge in [0.25, 0.3) is 0 Å². The maximum atomic E-state index is 13.2. The molecule has 0 fully saturated rings. The molecule has 0 radical (unpaired) electrons. The molecule has 0 unspecified atom stereocenters. The minimum Gasteiger partial charge on any atom is -0.338 e. The number of aryl methyl sites for hydroxylation is 1. The summed E-state index contributed by atoms with van der Waals surface area (Å²) in [4.78, 5) is 20.0. The van der Waals surface area contributed by atoms with E-state index >= 15 is 0 Å². The van der Waals surface area contributed by atoms with Gasteiger partial charge in [-0.25, -0.2) is 13.8 Å². The molecule has 0 atom stereocenters. The van der Waals surface area contributed by atoms with Crippen molar-refractivity contribution in [2.45, 2.75) is 13.3 Å². The van der Waals surface area contributed by atoms with Gasteiger partial charge in [-0.1, -0.05) is 12.1 Å². The average molecular weight is 377 g/mol. The Labute approximate surface area is 160 Å². The summed E-state index contributed by atoms with van der Waals surface area (Å²) in [6, 6.07) is 16.7. The molecule has 0 spiro atoms. The minimum atomic E-state index is -0.962. The molecule has 0 bridgehead atoms. The van der Waals surface area contributed by atoms with Crippen LogP contribution in [0, 0.1) is 18.6 Å². The first-order valence-electron chi connectivity index (χ1n) is 8.78. The molecule has 0 saturated carbocycles. The number of aromatic amines is 1. The molecule has 1 heterocycles. The van der Waals surface area contributed by atoms with Gasteiger partial charge in [-0.3, -0.25) is 4.79 Å². The van der Waals surface area contributed by atoms with Crippen molar-refractivity contribution in [1.29, 1.82) is 0 Å². The van der Waals surface area contributed by atoms with Crippen LogP contribution in [0.25, 0.3) is 22.4 Å². The highest BCUT2D eigenvalue weighted by Crippen LogP contribution is 2.23. The predicted molar refractivity (Wildman–Crippen MR) is 105 cm³/mol. The number of carbonyl (C=O) groups excluding carboxylic acids is 1. The zero-order valence-corrected chi connectivity index (χ0v) is 15.1. The molecule has 4 nitrogen and oxygen atoms in total. The normalized spacial score (nSPS) is 11.0. The molecule has 1 amide bonds. The van der Waals surface area contributed by atoms with E-state index in [1.54, 1.807) is 12.1 Å². The molecular weight excluding hydrogens is 360 g/mol. The highest BCUT2D eigenvalue weighted by atomic mass is 19.2. The fourth-order valence-corrected chi connectivity index (χ4v) is 3.01. The molecular formula is C22H17F2N3O. The van der Waals surface area contributed by atoms with E-state index in [1.165, 1.54) is 6.07 Å². The van der Waals surface area contributed by atoms with Gasteiger partial charge in [0.05, 0.1) is 17.5 Å². The second-order valence-electron chi connectivity index (χ2n) is 6.66. The highest BCUT2D eigenvalue weighted by Gasteiger charge is 2.09. The van der Waals surface area contributed by atoms with E-state index in [2.05, 4.69) is 15.3 Å². The van der Waals surface area contributed by atoms with Crippen LogP contribution in [-0.4, -0.2) is 15.9 Å². The number of benzene rings is 3. The van der Waals surface area contributed by atoms with Crippen molar-refractivity contribution in [1.82, 2.24) is 9.97 Å². The van der Waals surface area contributed by atoms with Gasteiger partial charge in [0.2, 0.25) is 5.91 Å². The van der Waals surface area contributed by atoms with Crippen molar-refractivity contribution in [3.8, 4) is 11.4 Å². The van der Waals surface area contributed by atoms with Crippen LogP contribution >= 0.6 is 0 Å². The Hall–Kier alpha value is -3.54. The van der Waals surface area contributed by atoms with Gasteiger partial charge in [-0.2, -0.15) is 0 Å². The zero-order chi connectivity index (χ0) is 19.7. The lowest BCUT2D eigenvalue weighted by atomic mass is 10.1. The van der Waals surface area contributed by atoms with E-state index in [0.717, 1.165) is 40.1 Å². The van der Waals surface area contributed by atoms with Crippen molar-refractivity contribution in [3.05, 3.63) is 83.4 Å². The first kappa shape index (κ1) is 17.9. The molecule has 140 valence electrons. The number of aromatic nitrogens is 2. The minimum absolute atomic E-state index is 0.0398. The molecule has 0 aliphatic heterocycles. The van der Waals surface area contributed by atoms with Crippen molar-refractivity contribution in [2.24, 2.45) is 0 Å². The van der Waals surface area contributed by atoms with Crippen LogP contribution in [0.1, 0.15) is 11.1 Å². The number of rotatable bonds is 4. The van der Waals surface area contributed by atoms with Crippen LogP contribution in [0.15, 0.2) is 60.7 Å². The first-order chi connectivity index (χ1) is 13.5. The molecule has 0 aliphatic carbocycles. The maximum absolute atomic E-state index is 13.2. The second kappa shape index (κ2) is 7.23. The molecule has 4 rings (SSSR count). The Balaban J connectivity index is 1.46. The molecule has 0 aliphatic rings. The number of carbonyl (C=O) groups is 1. The first-order valence-corrected chi connectivity index (χ1v) is 8.78. The summed E-state index contributed by atoms with van der Waals surface area (Å²) in [5.41, 5.74) is 4.94. The van der Waals surface area contributed by atoms with Gasteiger partial charge >= 0.3 is 0 Å². The molecule has 0 saturated heterocycles. The molecule has 4 aromatic rings. The lowest BCUT2D eigenvalue weighted by Crippen LogP contribution is -2.14. The topological polar surface area (TPSA) is 57.8 Å². The Morgan fingerprint density at radius 2 is 1.79 bits per heavy atom. The maximum Gasteiger partial charge on any atom is 0.228 e. The molecule has 6 heteroatoms. The number of H-pyrrole nitrogens is 1. The lowest BCUT2D eigenvalue weighted by molar-refractivity contribution is -0.115. The molecule has 1 aromatic heterocycles. The SMILES string of the molecule is Cc1ccc2nc(-c3ccc(NC(=O)Cc4ccc(F)c(F)c4)cc3)[nH]c2c1. The highest BCUT2D eigenvalue weighted by molar-refractivity contribution is 5.92. The standard InChI is InChI=1S/C22H17F2N3O/c1-13-2-9-19-20(10-13)27-22(26-19)15-4-6-16(7-5-15)25-21(28)12-14-3-8-17(23)18(24)11-14/h2-11H,12H2,1H3,(H,25,28)(H,26,27). The van der Waals surface area contributed by atoms with Crippen molar-refractivity contribution >= 4 is 22.6 Å². The number of nitrogens with one attached hydrogen (secondary N) is 2. The Kier molecular flexibility index (Phi) is 4.61. The van der Waals surface area contributed by atoms with Gasteiger partial charge < -0.3 is 10.3 Å². The van der Waals surface area contributed by atoms with Gasteiger partial charge in [0.15, 0.2) is 11.6 Å². The van der Waals surface area contributed by atoms with E-state index in [4.69, 9.17) is 0 Å². The fraction of sp³-hybridized carbons (Fsp3) is 0.0909. The zero-order valence-electron chi connectivity index (χ0n) is 15.1. The number of amides is 1. The van der Waals surface area contributed by atoms with Gasteiger partial charge in [-0.15, -0.1) is 0 Å². The third-order valence-corrected chi connectivity index (χ3v) is 4.43. The smallest absolute Gasteiger partial charge is 0.228 e. The summed E-state index contributed by atoms with van der Waals surface area (Å²) in [7, 11) is 0. The van der Waals surface area contributed by atoms with Gasteiger partial charge in [0.1, 0.15) is 5.82 Å². The summed E-state index contributed by atoms with van der Waals surface area (Å²) in [6.45, 7) is 2.03. The largest absolute Gasteiger partial charge is 0.338 e. The number of halogens is 2. The summed E-state index contributed by atoms with van der Waals surface area (Å²) in [6.07, 6.45) is -0.0398. The number of hydrogen-bond donors (Lipinski definition) is 2. The van der Waals surface area contributed by atoms with Crippen LogP contribution in [0.2, 0.25) is 0 Å². The van der Waals surface area contributed by atoms with Crippen LogP contribution in [0.4, 0.5) is 14.5 Å². The quantitative estimate of drug-likeness (QED) is 0.526. The van der Waals surface area contributed by atoms with Crippen LogP contribution in [0.5, 0.6) is 0 Å². The summed E-state index contributed by atoms with van der Waals surface area (Å²) >= 11 is 0. The predicted octanol–water partition coefficient (Wildman–Crippen LogP) is 5.00. The number of fused-ring (bicyclic) bond motifs is 1. The average Bonchev–Trinajstić information content (AvgIpc) is 3.08. The second-order valence-corrected chi connectivity index (χ2v) is 6.66. The molecule has 3 aromatic carbocycles. The number of imidazole rings is 1. The van der Waals surface area contributed by atoms with Crippen LogP contribution in [0.3, 0.4) is 0 Å². The van der Waals surface area contributed by atoms with E-state index < -0.39 is 11.6 Å². The van der Waals surface area contributed by atoms with Crippen molar-refractivity contribution in [3.63, 3.8) is 0 Å². The number of anilines is 1. The van der Waals surface area contributed by atoms with E-state index in [-0.39, 0.29) is 12.3 Å². The number of hydrogen-bond acceptors (Lipinski definition) is 2. The summed E-state index contributed by atoms with van der Waals surface area (Å²) in [5.74, 6) is -1.45. The van der Waals surface area contributed by atoms with Gasteiger partial charge in [0, 0.05) is 11.3 Å². The van der Waals surface area contributed by atoms with Crippen LogP contribution in [-0.2, 0) is 11.2 Å².